The molecule has 1 saturated heterocycles. The van der Waals surface area contributed by atoms with E-state index < -0.39 is 0 Å². The molecule has 5 nitrogen and oxygen atoms in total. The summed E-state index contributed by atoms with van der Waals surface area (Å²) in [5.41, 5.74) is 0. The van der Waals surface area contributed by atoms with Crippen molar-refractivity contribution in [3.05, 3.63) is 0 Å². The van der Waals surface area contributed by atoms with Crippen molar-refractivity contribution in [2.24, 2.45) is 5.92 Å². The van der Waals surface area contributed by atoms with Gasteiger partial charge in [0.15, 0.2) is 0 Å². The van der Waals surface area contributed by atoms with Crippen molar-refractivity contribution in [3.8, 4) is 0 Å². The van der Waals surface area contributed by atoms with Gasteiger partial charge in [0.25, 0.3) is 0 Å². The number of imide groups is 1. The predicted molar refractivity (Wildman–Crippen MR) is 64.5 cm³/mol. The molecule has 2 N–H and O–H groups in total. The lowest BCUT2D eigenvalue weighted by atomic mass is 9.99. The minimum Gasteiger partial charge on any atom is -0.335 e. The molecule has 1 heterocycles. The molecule has 0 radical (unpaired) electrons. The standard InChI is InChI=1S/C12H21N3O2/c1-9-4-6-15(7-5-9)8-11(16)14-12(17)13-10-2-3-10/h9-10H,2-8H2,1H3,(H2,13,14,16,17). The van der Waals surface area contributed by atoms with Crippen molar-refractivity contribution in [3.63, 3.8) is 0 Å². The van der Waals surface area contributed by atoms with Crippen LogP contribution < -0.4 is 10.6 Å². The first-order chi connectivity index (χ1) is 8.13. The lowest BCUT2D eigenvalue weighted by molar-refractivity contribution is -0.121. The molecule has 17 heavy (non-hydrogen) atoms. The molecule has 1 aliphatic carbocycles. The third-order valence-electron chi connectivity index (χ3n) is 3.41. The van der Waals surface area contributed by atoms with Crippen molar-refractivity contribution < 1.29 is 9.59 Å². The first-order valence-electron chi connectivity index (χ1n) is 6.46. The summed E-state index contributed by atoms with van der Waals surface area (Å²) in [6.07, 6.45) is 4.35. The van der Waals surface area contributed by atoms with Gasteiger partial charge in [-0.25, -0.2) is 4.79 Å². The number of hydrogen-bond acceptors (Lipinski definition) is 3. The van der Waals surface area contributed by atoms with Crippen LogP contribution in [0.3, 0.4) is 0 Å². The van der Waals surface area contributed by atoms with E-state index in [0.717, 1.165) is 44.7 Å². The molecule has 2 rings (SSSR count). The van der Waals surface area contributed by atoms with Gasteiger partial charge in [0, 0.05) is 6.04 Å². The zero-order chi connectivity index (χ0) is 12.3. The fraction of sp³-hybridized carbons (Fsp3) is 0.833. The van der Waals surface area contributed by atoms with Gasteiger partial charge in [0.05, 0.1) is 6.54 Å². The number of likely N-dealkylation sites (tertiary alicyclic amines) is 1. The summed E-state index contributed by atoms with van der Waals surface area (Å²) >= 11 is 0. The topological polar surface area (TPSA) is 61.4 Å². The summed E-state index contributed by atoms with van der Waals surface area (Å²) in [6.45, 7) is 4.49. The molecule has 3 amide bonds. The first kappa shape index (κ1) is 12.4. The Balaban J connectivity index is 1.64. The average Bonchev–Trinajstić information content (AvgIpc) is 3.05. The van der Waals surface area contributed by atoms with Gasteiger partial charge in [-0.05, 0) is 44.7 Å². The molecule has 2 aliphatic rings. The van der Waals surface area contributed by atoms with E-state index in [1.807, 2.05) is 0 Å². The van der Waals surface area contributed by atoms with Crippen LogP contribution >= 0.6 is 0 Å². The molecule has 2 fully saturated rings. The summed E-state index contributed by atoms with van der Waals surface area (Å²) in [4.78, 5) is 25.0. The van der Waals surface area contributed by atoms with Crippen molar-refractivity contribution in [2.45, 2.75) is 38.6 Å². The Morgan fingerprint density at radius 1 is 1.18 bits per heavy atom. The van der Waals surface area contributed by atoms with Crippen LogP contribution in [0, 0.1) is 5.92 Å². The van der Waals surface area contributed by atoms with Crippen molar-refractivity contribution in [1.82, 2.24) is 15.5 Å². The van der Waals surface area contributed by atoms with E-state index in [0.29, 0.717) is 12.6 Å². The molecule has 0 atom stereocenters. The molecule has 0 spiro atoms. The van der Waals surface area contributed by atoms with Crippen molar-refractivity contribution in [2.75, 3.05) is 19.6 Å². The monoisotopic (exact) mass is 239 g/mol. The summed E-state index contributed by atoms with van der Waals surface area (Å²) in [7, 11) is 0. The van der Waals surface area contributed by atoms with Gasteiger partial charge in [-0.15, -0.1) is 0 Å². The highest BCUT2D eigenvalue weighted by Crippen LogP contribution is 2.18. The van der Waals surface area contributed by atoms with Crippen LogP contribution in [0.4, 0.5) is 4.79 Å². The summed E-state index contributed by atoms with van der Waals surface area (Å²) in [5, 5.41) is 5.12. The molecule has 5 heteroatoms. The SMILES string of the molecule is CC1CCN(CC(=O)NC(=O)NC2CC2)CC1. The van der Waals surface area contributed by atoms with E-state index in [2.05, 4.69) is 22.5 Å². The van der Waals surface area contributed by atoms with E-state index in [4.69, 9.17) is 0 Å². The third-order valence-corrected chi connectivity index (χ3v) is 3.41. The molecule has 96 valence electrons. The quantitative estimate of drug-likeness (QED) is 0.762. The molecule has 0 aromatic carbocycles. The van der Waals surface area contributed by atoms with Gasteiger partial charge < -0.3 is 5.32 Å². The minimum atomic E-state index is -0.345. The Hall–Kier alpha value is -1.10. The lowest BCUT2D eigenvalue weighted by Gasteiger charge is -2.29. The van der Waals surface area contributed by atoms with E-state index in [1.54, 1.807) is 0 Å². The normalized spacial score (nSPS) is 22.2. The maximum atomic E-state index is 11.6. The second-order valence-electron chi connectivity index (χ2n) is 5.25. The van der Waals surface area contributed by atoms with Crippen LogP contribution in [-0.4, -0.2) is 42.5 Å². The zero-order valence-corrected chi connectivity index (χ0v) is 10.4. The van der Waals surface area contributed by atoms with Crippen LogP contribution in [-0.2, 0) is 4.79 Å². The van der Waals surface area contributed by atoms with Gasteiger partial charge >= 0.3 is 6.03 Å². The number of carbonyl (C=O) groups is 2. The average molecular weight is 239 g/mol. The third kappa shape index (κ3) is 4.34. The number of nitrogens with zero attached hydrogens (tertiary/aromatic N) is 1. The highest BCUT2D eigenvalue weighted by atomic mass is 16.2. The summed E-state index contributed by atoms with van der Waals surface area (Å²) < 4.78 is 0. The molecule has 0 aromatic rings. The van der Waals surface area contributed by atoms with Gasteiger partial charge in [0.1, 0.15) is 0 Å². The van der Waals surface area contributed by atoms with E-state index in [9.17, 15) is 9.59 Å². The molecule has 0 aromatic heterocycles. The lowest BCUT2D eigenvalue weighted by Crippen LogP contribution is -2.46. The number of amides is 3. The second kappa shape index (κ2) is 5.49. The van der Waals surface area contributed by atoms with E-state index in [-0.39, 0.29) is 11.9 Å². The smallest absolute Gasteiger partial charge is 0.321 e. The Labute approximate surface area is 102 Å². The van der Waals surface area contributed by atoms with Crippen molar-refractivity contribution in [1.29, 1.82) is 0 Å². The number of nitrogens with one attached hydrogen (secondary N) is 2. The van der Waals surface area contributed by atoms with Gasteiger partial charge in [0.2, 0.25) is 5.91 Å². The van der Waals surface area contributed by atoms with Crippen LogP contribution in [0.5, 0.6) is 0 Å². The van der Waals surface area contributed by atoms with Crippen LogP contribution in [0.1, 0.15) is 32.6 Å². The number of hydrogen-bond donors (Lipinski definition) is 2. The number of urea groups is 1. The number of rotatable bonds is 3. The van der Waals surface area contributed by atoms with E-state index >= 15 is 0 Å². The molecule has 1 aliphatic heterocycles. The summed E-state index contributed by atoms with van der Waals surface area (Å²) in [6, 6.07) is -0.0542. The van der Waals surface area contributed by atoms with Crippen molar-refractivity contribution >= 4 is 11.9 Å². The zero-order valence-electron chi connectivity index (χ0n) is 10.4. The minimum absolute atomic E-state index is 0.197. The molecular weight excluding hydrogens is 218 g/mol. The number of carbonyl (C=O) groups excluding carboxylic acids is 2. The Morgan fingerprint density at radius 2 is 1.82 bits per heavy atom. The highest BCUT2D eigenvalue weighted by molar-refractivity contribution is 5.95. The van der Waals surface area contributed by atoms with Gasteiger partial charge in [-0.3, -0.25) is 15.0 Å². The molecule has 1 saturated carbocycles. The van der Waals surface area contributed by atoms with Crippen LogP contribution in [0.15, 0.2) is 0 Å². The molecular formula is C12H21N3O2. The molecule has 0 bridgehead atoms. The number of piperidine rings is 1. The highest BCUT2D eigenvalue weighted by Gasteiger charge is 2.24. The molecule has 0 unspecified atom stereocenters. The second-order valence-corrected chi connectivity index (χ2v) is 5.25. The Kier molecular flexibility index (Phi) is 3.99. The fourth-order valence-corrected chi connectivity index (χ4v) is 2.04. The Bertz CT molecular complexity index is 294. The predicted octanol–water partition coefficient (Wildman–Crippen LogP) is 0.706. The van der Waals surface area contributed by atoms with Gasteiger partial charge in [-0.1, -0.05) is 6.92 Å². The fourth-order valence-electron chi connectivity index (χ4n) is 2.04. The largest absolute Gasteiger partial charge is 0.335 e. The van der Waals surface area contributed by atoms with Crippen LogP contribution in [0.25, 0.3) is 0 Å². The maximum absolute atomic E-state index is 11.6. The first-order valence-corrected chi connectivity index (χ1v) is 6.46. The van der Waals surface area contributed by atoms with Gasteiger partial charge in [-0.2, -0.15) is 0 Å². The van der Waals surface area contributed by atoms with Crippen LogP contribution in [0.2, 0.25) is 0 Å². The Morgan fingerprint density at radius 3 is 2.41 bits per heavy atom. The van der Waals surface area contributed by atoms with E-state index in [1.165, 1.54) is 0 Å². The summed E-state index contributed by atoms with van der Waals surface area (Å²) in [5.74, 6) is 0.560. The maximum Gasteiger partial charge on any atom is 0.321 e.